The number of likely N-dealkylation sites (N-methyl/N-ethyl adjacent to an activating group) is 1. The number of nitrogens with zero attached hydrogens (tertiary/aromatic N) is 1. The molecule has 4 nitrogen and oxygen atoms in total. The minimum atomic E-state index is 0.0450. The van der Waals surface area contributed by atoms with Crippen LogP contribution in [0.4, 0.5) is 0 Å². The SMILES string of the molecule is CCCC(=O)[C@H](CCCCNO)N(C)C. The minimum absolute atomic E-state index is 0.0450. The topological polar surface area (TPSA) is 52.6 Å². The summed E-state index contributed by atoms with van der Waals surface area (Å²) < 4.78 is 0. The molecular formula is C11H24N2O2. The Morgan fingerprint density at radius 2 is 2.07 bits per heavy atom. The predicted octanol–water partition coefficient (Wildman–Crippen LogP) is 1.43. The number of carbonyl (C=O) groups excluding carboxylic acids is 1. The van der Waals surface area contributed by atoms with Gasteiger partial charge in [0.25, 0.3) is 0 Å². The lowest BCUT2D eigenvalue weighted by Crippen LogP contribution is -2.35. The fourth-order valence-corrected chi connectivity index (χ4v) is 1.66. The van der Waals surface area contributed by atoms with Crippen molar-refractivity contribution >= 4 is 5.78 Å². The van der Waals surface area contributed by atoms with Crippen LogP contribution in [0.25, 0.3) is 0 Å². The molecule has 0 heterocycles. The number of rotatable bonds is 9. The fraction of sp³-hybridized carbons (Fsp3) is 0.909. The first-order valence-corrected chi connectivity index (χ1v) is 5.69. The van der Waals surface area contributed by atoms with E-state index in [1.54, 1.807) is 0 Å². The highest BCUT2D eigenvalue weighted by atomic mass is 16.5. The lowest BCUT2D eigenvalue weighted by molar-refractivity contribution is -0.123. The molecule has 0 aromatic rings. The summed E-state index contributed by atoms with van der Waals surface area (Å²) in [6, 6.07) is 0.0450. The van der Waals surface area contributed by atoms with Gasteiger partial charge in [-0.05, 0) is 33.4 Å². The van der Waals surface area contributed by atoms with Gasteiger partial charge in [0, 0.05) is 13.0 Å². The molecule has 0 aliphatic rings. The molecule has 0 amide bonds. The molecule has 1 atom stereocenters. The van der Waals surface area contributed by atoms with Crippen LogP contribution in [-0.2, 0) is 4.79 Å². The van der Waals surface area contributed by atoms with Crippen molar-refractivity contribution in [2.75, 3.05) is 20.6 Å². The zero-order valence-electron chi connectivity index (χ0n) is 10.1. The Labute approximate surface area is 92.6 Å². The number of nitrogens with one attached hydrogen (secondary N) is 1. The molecule has 0 saturated heterocycles. The Hall–Kier alpha value is -0.450. The van der Waals surface area contributed by atoms with Gasteiger partial charge in [-0.3, -0.25) is 9.69 Å². The zero-order chi connectivity index (χ0) is 11.7. The molecule has 0 radical (unpaired) electrons. The van der Waals surface area contributed by atoms with Crippen LogP contribution in [0.15, 0.2) is 0 Å². The van der Waals surface area contributed by atoms with Crippen molar-refractivity contribution < 1.29 is 10.0 Å². The lowest BCUT2D eigenvalue weighted by atomic mass is 10.0. The Kier molecular flexibility index (Phi) is 8.56. The van der Waals surface area contributed by atoms with Gasteiger partial charge in [0.1, 0.15) is 5.78 Å². The number of carbonyl (C=O) groups is 1. The molecule has 0 bridgehead atoms. The van der Waals surface area contributed by atoms with Crippen LogP contribution in [0.5, 0.6) is 0 Å². The number of hydrogen-bond acceptors (Lipinski definition) is 4. The van der Waals surface area contributed by atoms with E-state index in [0.717, 1.165) is 25.7 Å². The highest BCUT2D eigenvalue weighted by Crippen LogP contribution is 2.09. The number of Topliss-reactive ketones (excluding diaryl/α,β-unsaturated/α-hetero) is 1. The first-order valence-electron chi connectivity index (χ1n) is 5.69. The van der Waals surface area contributed by atoms with E-state index in [1.165, 1.54) is 0 Å². The predicted molar refractivity (Wildman–Crippen MR) is 61.0 cm³/mol. The van der Waals surface area contributed by atoms with E-state index >= 15 is 0 Å². The Morgan fingerprint density at radius 1 is 1.40 bits per heavy atom. The molecule has 4 heteroatoms. The smallest absolute Gasteiger partial charge is 0.149 e. The zero-order valence-corrected chi connectivity index (χ0v) is 10.1. The van der Waals surface area contributed by atoms with Gasteiger partial charge in [0.15, 0.2) is 0 Å². The van der Waals surface area contributed by atoms with E-state index in [1.807, 2.05) is 25.9 Å². The second-order valence-electron chi connectivity index (χ2n) is 4.10. The van der Waals surface area contributed by atoms with Gasteiger partial charge in [0.2, 0.25) is 0 Å². The molecule has 90 valence electrons. The molecule has 0 spiro atoms. The maximum Gasteiger partial charge on any atom is 0.149 e. The average Bonchev–Trinajstić information content (AvgIpc) is 2.17. The normalized spacial score (nSPS) is 13.1. The molecule has 0 aromatic carbocycles. The molecule has 0 unspecified atom stereocenters. The van der Waals surface area contributed by atoms with Crippen LogP contribution >= 0.6 is 0 Å². The molecule has 0 rings (SSSR count). The fourth-order valence-electron chi connectivity index (χ4n) is 1.66. The van der Waals surface area contributed by atoms with E-state index in [4.69, 9.17) is 5.21 Å². The Morgan fingerprint density at radius 3 is 2.53 bits per heavy atom. The van der Waals surface area contributed by atoms with Crippen LogP contribution in [0.2, 0.25) is 0 Å². The second kappa shape index (κ2) is 8.83. The maximum atomic E-state index is 11.7. The van der Waals surface area contributed by atoms with E-state index < -0.39 is 0 Å². The van der Waals surface area contributed by atoms with Crippen molar-refractivity contribution in [1.29, 1.82) is 0 Å². The first-order chi connectivity index (χ1) is 7.13. The minimum Gasteiger partial charge on any atom is -0.317 e. The van der Waals surface area contributed by atoms with Gasteiger partial charge in [-0.25, -0.2) is 5.48 Å². The summed E-state index contributed by atoms with van der Waals surface area (Å²) in [4.78, 5) is 13.7. The van der Waals surface area contributed by atoms with Gasteiger partial charge in [0.05, 0.1) is 6.04 Å². The van der Waals surface area contributed by atoms with Crippen molar-refractivity contribution in [1.82, 2.24) is 10.4 Å². The van der Waals surface area contributed by atoms with E-state index in [0.29, 0.717) is 18.7 Å². The first kappa shape index (κ1) is 14.6. The molecule has 0 aliphatic heterocycles. The van der Waals surface area contributed by atoms with Crippen LogP contribution < -0.4 is 5.48 Å². The highest BCUT2D eigenvalue weighted by molar-refractivity contribution is 5.83. The molecule has 15 heavy (non-hydrogen) atoms. The second-order valence-corrected chi connectivity index (χ2v) is 4.10. The standard InChI is InChI=1S/C11H24N2O2/c1-4-7-11(14)10(13(2)3)8-5-6-9-12-15/h10,12,15H,4-9H2,1-3H3/t10-/m0/s1. The third kappa shape index (κ3) is 6.60. The van der Waals surface area contributed by atoms with E-state index in [9.17, 15) is 4.79 Å². The van der Waals surface area contributed by atoms with Crippen molar-refractivity contribution in [3.8, 4) is 0 Å². The average molecular weight is 216 g/mol. The van der Waals surface area contributed by atoms with Crippen molar-refractivity contribution in [2.24, 2.45) is 0 Å². The van der Waals surface area contributed by atoms with Gasteiger partial charge in [-0.15, -0.1) is 0 Å². The van der Waals surface area contributed by atoms with Crippen LogP contribution in [0.3, 0.4) is 0 Å². The largest absolute Gasteiger partial charge is 0.317 e. The third-order valence-electron chi connectivity index (χ3n) is 2.51. The number of hydroxylamine groups is 1. The van der Waals surface area contributed by atoms with Crippen molar-refractivity contribution in [2.45, 2.75) is 45.1 Å². The Balaban J connectivity index is 3.88. The van der Waals surface area contributed by atoms with Gasteiger partial charge in [-0.1, -0.05) is 13.3 Å². The molecule has 0 saturated carbocycles. The summed E-state index contributed by atoms with van der Waals surface area (Å²) in [6.07, 6.45) is 4.34. The number of unbranched alkanes of at least 4 members (excludes halogenated alkanes) is 1. The Bertz CT molecular complexity index is 172. The summed E-state index contributed by atoms with van der Waals surface area (Å²) in [5, 5.41) is 8.41. The summed E-state index contributed by atoms with van der Waals surface area (Å²) in [6.45, 7) is 2.63. The molecular weight excluding hydrogens is 192 g/mol. The number of ketones is 1. The van der Waals surface area contributed by atoms with Crippen LogP contribution in [-0.4, -0.2) is 42.6 Å². The summed E-state index contributed by atoms with van der Waals surface area (Å²) in [5.41, 5.74) is 2.13. The van der Waals surface area contributed by atoms with Gasteiger partial charge < -0.3 is 5.21 Å². The van der Waals surface area contributed by atoms with Crippen molar-refractivity contribution in [3.63, 3.8) is 0 Å². The van der Waals surface area contributed by atoms with Gasteiger partial charge >= 0.3 is 0 Å². The lowest BCUT2D eigenvalue weighted by Gasteiger charge is -2.22. The molecule has 0 aromatic heterocycles. The van der Waals surface area contributed by atoms with E-state index in [2.05, 4.69) is 5.48 Å². The molecule has 0 aliphatic carbocycles. The summed E-state index contributed by atoms with van der Waals surface area (Å²) in [7, 11) is 3.89. The molecule has 2 N–H and O–H groups in total. The summed E-state index contributed by atoms with van der Waals surface area (Å²) >= 11 is 0. The number of hydrogen-bond donors (Lipinski definition) is 2. The third-order valence-corrected chi connectivity index (χ3v) is 2.51. The highest BCUT2D eigenvalue weighted by Gasteiger charge is 2.18. The monoisotopic (exact) mass is 216 g/mol. The maximum absolute atomic E-state index is 11.7. The summed E-state index contributed by atoms with van der Waals surface area (Å²) in [5.74, 6) is 0.333. The molecule has 0 fully saturated rings. The quantitative estimate of drug-likeness (QED) is 0.452. The van der Waals surface area contributed by atoms with Crippen LogP contribution in [0, 0.1) is 0 Å². The van der Waals surface area contributed by atoms with Crippen LogP contribution in [0.1, 0.15) is 39.0 Å². The van der Waals surface area contributed by atoms with Crippen molar-refractivity contribution in [3.05, 3.63) is 0 Å². The van der Waals surface area contributed by atoms with Gasteiger partial charge in [-0.2, -0.15) is 0 Å². The van der Waals surface area contributed by atoms with E-state index in [-0.39, 0.29) is 6.04 Å².